The minimum atomic E-state index is 0.204. The number of fused-ring (bicyclic) bond motifs is 1. The van der Waals surface area contributed by atoms with Crippen molar-refractivity contribution in [3.63, 3.8) is 0 Å². The van der Waals surface area contributed by atoms with Gasteiger partial charge >= 0.3 is 0 Å². The van der Waals surface area contributed by atoms with Crippen molar-refractivity contribution >= 4 is 22.9 Å². The fraction of sp³-hybridized carbons (Fsp3) is 0.333. The number of nitrogens with two attached hydrogens (primary N) is 1. The first-order valence-electron chi connectivity index (χ1n) is 7.70. The standard InChI is InChI=1S/C15H18N8/c16-15-22-12(13-14(23-15)20-8-19-13)9-3-4-11(18-6-9)21-10-2-1-5-17-7-10/h3-4,6,8,10,17H,1-2,5,7H2,(H,18,21)(H3,16,19,20,22,23). The summed E-state index contributed by atoms with van der Waals surface area (Å²) in [6.07, 6.45) is 5.73. The number of rotatable bonds is 3. The van der Waals surface area contributed by atoms with Crippen LogP contribution in [0, 0.1) is 0 Å². The summed E-state index contributed by atoms with van der Waals surface area (Å²) in [5, 5.41) is 6.84. The van der Waals surface area contributed by atoms with Gasteiger partial charge in [-0.15, -0.1) is 0 Å². The highest BCUT2D eigenvalue weighted by Gasteiger charge is 2.14. The summed E-state index contributed by atoms with van der Waals surface area (Å²) in [4.78, 5) is 20.1. The number of nitrogens with zero attached hydrogens (tertiary/aromatic N) is 4. The summed E-state index contributed by atoms with van der Waals surface area (Å²) in [5.74, 6) is 1.07. The zero-order valence-electron chi connectivity index (χ0n) is 12.6. The van der Waals surface area contributed by atoms with Crippen molar-refractivity contribution in [1.29, 1.82) is 0 Å². The molecule has 0 radical (unpaired) electrons. The maximum absolute atomic E-state index is 5.76. The molecule has 1 aliphatic rings. The second-order valence-electron chi connectivity index (χ2n) is 5.65. The largest absolute Gasteiger partial charge is 0.368 e. The zero-order chi connectivity index (χ0) is 15.6. The topological polar surface area (TPSA) is 117 Å². The van der Waals surface area contributed by atoms with Crippen LogP contribution in [0.1, 0.15) is 12.8 Å². The molecule has 0 spiro atoms. The molecule has 1 fully saturated rings. The highest BCUT2D eigenvalue weighted by molar-refractivity contribution is 5.87. The molecular formula is C15H18N8. The molecule has 1 aliphatic heterocycles. The molecule has 0 aromatic carbocycles. The van der Waals surface area contributed by atoms with E-state index in [4.69, 9.17) is 5.73 Å². The van der Waals surface area contributed by atoms with Crippen molar-refractivity contribution in [1.82, 2.24) is 30.2 Å². The predicted octanol–water partition coefficient (Wildman–Crippen LogP) is 1.16. The van der Waals surface area contributed by atoms with Crippen LogP contribution >= 0.6 is 0 Å². The summed E-state index contributed by atoms with van der Waals surface area (Å²) in [6.45, 7) is 2.07. The van der Waals surface area contributed by atoms with E-state index in [1.165, 1.54) is 6.42 Å². The van der Waals surface area contributed by atoms with Gasteiger partial charge in [0.2, 0.25) is 5.95 Å². The van der Waals surface area contributed by atoms with E-state index in [1.807, 2.05) is 12.1 Å². The van der Waals surface area contributed by atoms with Crippen LogP contribution in [0.2, 0.25) is 0 Å². The van der Waals surface area contributed by atoms with Gasteiger partial charge in [-0.1, -0.05) is 0 Å². The molecule has 8 heteroatoms. The second kappa shape index (κ2) is 5.81. The summed E-state index contributed by atoms with van der Waals surface area (Å²) >= 11 is 0. The molecular weight excluding hydrogens is 292 g/mol. The fourth-order valence-electron chi connectivity index (χ4n) is 2.86. The van der Waals surface area contributed by atoms with Crippen molar-refractivity contribution in [2.24, 2.45) is 0 Å². The third-order valence-electron chi connectivity index (χ3n) is 3.99. The SMILES string of the molecule is Nc1nc(-c2ccc(NC3CCCNC3)nc2)c2[nH]cnc2n1. The van der Waals surface area contributed by atoms with Crippen LogP contribution in [0.15, 0.2) is 24.7 Å². The van der Waals surface area contributed by atoms with Gasteiger partial charge in [0.1, 0.15) is 17.0 Å². The van der Waals surface area contributed by atoms with Crippen LogP contribution in [0.5, 0.6) is 0 Å². The predicted molar refractivity (Wildman–Crippen MR) is 88.8 cm³/mol. The number of pyridine rings is 1. The molecule has 4 heterocycles. The highest BCUT2D eigenvalue weighted by Crippen LogP contribution is 2.24. The van der Waals surface area contributed by atoms with E-state index in [2.05, 4.69) is 35.6 Å². The first-order valence-corrected chi connectivity index (χ1v) is 7.70. The molecule has 1 saturated heterocycles. The van der Waals surface area contributed by atoms with Crippen LogP contribution < -0.4 is 16.4 Å². The third-order valence-corrected chi connectivity index (χ3v) is 3.99. The molecule has 4 rings (SSSR count). The van der Waals surface area contributed by atoms with Crippen LogP contribution in [-0.2, 0) is 0 Å². The Balaban J connectivity index is 1.60. The Morgan fingerprint density at radius 1 is 1.22 bits per heavy atom. The number of piperidine rings is 1. The van der Waals surface area contributed by atoms with Gasteiger partial charge in [-0.25, -0.2) is 15.0 Å². The summed E-state index contributed by atoms with van der Waals surface area (Å²) in [7, 11) is 0. The first-order chi connectivity index (χ1) is 11.3. The van der Waals surface area contributed by atoms with Crippen molar-refractivity contribution in [3.05, 3.63) is 24.7 Å². The van der Waals surface area contributed by atoms with E-state index < -0.39 is 0 Å². The number of nitrogens with one attached hydrogen (secondary N) is 3. The molecule has 0 bridgehead atoms. The van der Waals surface area contributed by atoms with Crippen molar-refractivity contribution in [2.75, 3.05) is 24.1 Å². The number of H-pyrrole nitrogens is 1. The van der Waals surface area contributed by atoms with Gasteiger partial charge < -0.3 is 21.4 Å². The second-order valence-corrected chi connectivity index (χ2v) is 5.65. The van der Waals surface area contributed by atoms with Gasteiger partial charge in [-0.2, -0.15) is 4.98 Å². The van der Waals surface area contributed by atoms with E-state index in [0.717, 1.165) is 36.4 Å². The lowest BCUT2D eigenvalue weighted by atomic mass is 10.1. The summed E-state index contributed by atoms with van der Waals surface area (Å²) < 4.78 is 0. The quantitative estimate of drug-likeness (QED) is 0.573. The molecule has 1 unspecified atom stereocenters. The zero-order valence-corrected chi connectivity index (χ0v) is 12.6. The molecule has 5 N–H and O–H groups in total. The Morgan fingerprint density at radius 2 is 2.17 bits per heavy atom. The number of anilines is 2. The van der Waals surface area contributed by atoms with Crippen LogP contribution in [-0.4, -0.2) is 44.1 Å². The van der Waals surface area contributed by atoms with Gasteiger partial charge in [0, 0.05) is 24.3 Å². The van der Waals surface area contributed by atoms with Crippen LogP contribution in [0.25, 0.3) is 22.4 Å². The van der Waals surface area contributed by atoms with Gasteiger partial charge in [-0.3, -0.25) is 0 Å². The lowest BCUT2D eigenvalue weighted by Gasteiger charge is -2.24. The number of imidazole rings is 1. The van der Waals surface area contributed by atoms with Crippen molar-refractivity contribution in [3.8, 4) is 11.3 Å². The monoisotopic (exact) mass is 310 g/mol. The average Bonchev–Trinajstić information content (AvgIpc) is 3.04. The van der Waals surface area contributed by atoms with Gasteiger partial charge in [0.05, 0.1) is 6.33 Å². The Bertz CT molecular complexity index is 804. The minimum absolute atomic E-state index is 0.204. The van der Waals surface area contributed by atoms with E-state index in [-0.39, 0.29) is 5.95 Å². The summed E-state index contributed by atoms with van der Waals surface area (Å²) in [5.41, 5.74) is 8.67. The lowest BCUT2D eigenvalue weighted by Crippen LogP contribution is -2.38. The van der Waals surface area contributed by atoms with E-state index >= 15 is 0 Å². The number of nitrogen functional groups attached to an aromatic ring is 1. The number of aromatic amines is 1. The third kappa shape index (κ3) is 2.80. The number of hydrogen-bond donors (Lipinski definition) is 4. The first kappa shape index (κ1) is 13.9. The Labute approximate surface area is 133 Å². The lowest BCUT2D eigenvalue weighted by molar-refractivity contribution is 0.479. The van der Waals surface area contributed by atoms with E-state index in [9.17, 15) is 0 Å². The molecule has 118 valence electrons. The Morgan fingerprint density at radius 3 is 2.96 bits per heavy atom. The Hall–Kier alpha value is -2.74. The van der Waals surface area contributed by atoms with Crippen molar-refractivity contribution < 1.29 is 0 Å². The molecule has 3 aromatic rings. The smallest absolute Gasteiger partial charge is 0.222 e. The van der Waals surface area contributed by atoms with Crippen LogP contribution in [0.4, 0.5) is 11.8 Å². The Kier molecular flexibility index (Phi) is 3.51. The summed E-state index contributed by atoms with van der Waals surface area (Å²) in [6, 6.07) is 4.37. The van der Waals surface area contributed by atoms with Gasteiger partial charge in [0.15, 0.2) is 5.65 Å². The molecule has 8 nitrogen and oxygen atoms in total. The number of aromatic nitrogens is 5. The minimum Gasteiger partial charge on any atom is -0.368 e. The molecule has 0 saturated carbocycles. The van der Waals surface area contributed by atoms with E-state index in [0.29, 0.717) is 17.4 Å². The van der Waals surface area contributed by atoms with Gasteiger partial charge in [0.25, 0.3) is 0 Å². The molecule has 1 atom stereocenters. The molecule has 0 amide bonds. The molecule has 23 heavy (non-hydrogen) atoms. The van der Waals surface area contributed by atoms with Gasteiger partial charge in [-0.05, 0) is 31.5 Å². The number of hydrogen-bond acceptors (Lipinski definition) is 7. The molecule has 0 aliphatic carbocycles. The highest BCUT2D eigenvalue weighted by atomic mass is 15.1. The van der Waals surface area contributed by atoms with E-state index in [1.54, 1.807) is 12.5 Å². The average molecular weight is 310 g/mol. The maximum atomic E-state index is 5.76. The van der Waals surface area contributed by atoms with Crippen LogP contribution in [0.3, 0.4) is 0 Å². The van der Waals surface area contributed by atoms with Crippen molar-refractivity contribution in [2.45, 2.75) is 18.9 Å². The normalized spacial score (nSPS) is 18.2. The molecule has 3 aromatic heterocycles. The maximum Gasteiger partial charge on any atom is 0.222 e. The fourth-order valence-corrected chi connectivity index (χ4v) is 2.86.